The number of hydrogen-bond acceptors (Lipinski definition) is 3. The number of aromatic nitrogens is 1. The fraction of sp³-hybridized carbons (Fsp3) is 0.314. The van der Waals surface area contributed by atoms with Gasteiger partial charge in [0.2, 0.25) is 0 Å². The SMILES string of the molecule is C=CNCCCC(C=C)CCc1c[nH]c2ccccc12.CC(N)c1ccc(Cc2ccccc2)cc1.CNC. The number of nitrogens with one attached hydrogen (secondary N) is 3. The van der Waals surface area contributed by atoms with E-state index in [-0.39, 0.29) is 6.04 Å². The van der Waals surface area contributed by atoms with E-state index in [1.165, 1.54) is 46.0 Å². The summed E-state index contributed by atoms with van der Waals surface area (Å²) in [6, 6.07) is 27.7. The highest BCUT2D eigenvalue weighted by Gasteiger charge is 2.08. The van der Waals surface area contributed by atoms with Gasteiger partial charge in [0.15, 0.2) is 0 Å². The molecular formula is C35H48N4. The molecule has 0 amide bonds. The van der Waals surface area contributed by atoms with E-state index in [0.29, 0.717) is 5.92 Å². The lowest BCUT2D eigenvalue weighted by Gasteiger charge is -2.12. The van der Waals surface area contributed by atoms with E-state index in [0.717, 1.165) is 25.8 Å². The van der Waals surface area contributed by atoms with Crippen molar-refractivity contribution in [1.29, 1.82) is 0 Å². The van der Waals surface area contributed by atoms with E-state index in [1.54, 1.807) is 6.20 Å². The normalized spacial score (nSPS) is 11.8. The minimum atomic E-state index is 0.116. The number of fused-ring (bicyclic) bond motifs is 1. The molecule has 0 saturated carbocycles. The predicted octanol–water partition coefficient (Wildman–Crippen LogP) is 7.55. The molecule has 39 heavy (non-hydrogen) atoms. The fourth-order valence-electron chi connectivity index (χ4n) is 4.40. The van der Waals surface area contributed by atoms with Crippen LogP contribution in [0.2, 0.25) is 0 Å². The van der Waals surface area contributed by atoms with Crippen molar-refractivity contribution in [2.24, 2.45) is 11.7 Å². The molecule has 4 nitrogen and oxygen atoms in total. The van der Waals surface area contributed by atoms with E-state index in [2.05, 4.69) is 114 Å². The summed E-state index contributed by atoms with van der Waals surface area (Å²) in [5.74, 6) is 0.593. The molecule has 0 bridgehead atoms. The zero-order valence-corrected chi connectivity index (χ0v) is 24.1. The van der Waals surface area contributed by atoms with Crippen LogP contribution < -0.4 is 16.4 Å². The monoisotopic (exact) mass is 524 g/mol. The Bertz CT molecular complexity index is 1190. The van der Waals surface area contributed by atoms with Gasteiger partial charge in [-0.2, -0.15) is 0 Å². The Kier molecular flexibility index (Phi) is 15.1. The Morgan fingerprint density at radius 3 is 2.15 bits per heavy atom. The predicted molar refractivity (Wildman–Crippen MR) is 171 cm³/mol. The van der Waals surface area contributed by atoms with Crippen molar-refractivity contribution < 1.29 is 0 Å². The van der Waals surface area contributed by atoms with Gasteiger partial charge >= 0.3 is 0 Å². The van der Waals surface area contributed by atoms with E-state index in [9.17, 15) is 0 Å². The first-order valence-corrected chi connectivity index (χ1v) is 14.0. The van der Waals surface area contributed by atoms with Crippen LogP contribution in [0.3, 0.4) is 0 Å². The smallest absolute Gasteiger partial charge is 0.0456 e. The fourth-order valence-corrected chi connectivity index (χ4v) is 4.40. The maximum atomic E-state index is 5.82. The lowest BCUT2D eigenvalue weighted by atomic mass is 9.95. The Morgan fingerprint density at radius 1 is 0.872 bits per heavy atom. The van der Waals surface area contributed by atoms with Crippen molar-refractivity contribution in [1.82, 2.24) is 15.6 Å². The molecule has 3 aromatic carbocycles. The molecule has 0 saturated heterocycles. The van der Waals surface area contributed by atoms with Crippen LogP contribution in [0.5, 0.6) is 0 Å². The average Bonchev–Trinajstić information content (AvgIpc) is 3.37. The molecule has 0 aliphatic rings. The number of allylic oxidation sites excluding steroid dienone is 1. The molecule has 4 rings (SSSR count). The molecule has 4 aromatic rings. The molecule has 0 aliphatic heterocycles. The van der Waals surface area contributed by atoms with E-state index in [4.69, 9.17) is 5.73 Å². The standard InChI is InChI=1S/C18H24N2.C15H17N.C2H7N/c1-3-15(8-7-13-19-4-2)11-12-16-14-20-18-10-6-5-9-17(16)18;1-12(16)15-9-7-14(8-10-15)11-13-5-3-2-4-6-13;1-3-2/h3-6,9-10,14-15,19-20H,1-2,7-8,11-13H2;2-10,12H,11,16H2,1H3;3H,1-2H3. The van der Waals surface area contributed by atoms with Gasteiger partial charge in [0.1, 0.15) is 0 Å². The molecule has 2 unspecified atom stereocenters. The van der Waals surface area contributed by atoms with E-state index < -0.39 is 0 Å². The van der Waals surface area contributed by atoms with E-state index >= 15 is 0 Å². The van der Waals surface area contributed by atoms with Crippen molar-refractivity contribution >= 4 is 10.9 Å². The second kappa shape index (κ2) is 18.6. The minimum absolute atomic E-state index is 0.116. The van der Waals surface area contributed by atoms with Crippen LogP contribution in [0, 0.1) is 5.92 Å². The number of nitrogens with two attached hydrogens (primary N) is 1. The number of hydrogen-bond donors (Lipinski definition) is 4. The zero-order chi connectivity index (χ0) is 28.3. The largest absolute Gasteiger partial charge is 0.391 e. The van der Waals surface area contributed by atoms with Crippen LogP contribution in [0.25, 0.3) is 10.9 Å². The maximum absolute atomic E-state index is 5.82. The van der Waals surface area contributed by atoms with Crippen LogP contribution in [0.4, 0.5) is 0 Å². The second-order valence-corrected chi connectivity index (χ2v) is 9.89. The minimum Gasteiger partial charge on any atom is -0.391 e. The first-order chi connectivity index (χ1) is 19.0. The van der Waals surface area contributed by atoms with Crippen LogP contribution in [-0.4, -0.2) is 25.6 Å². The molecule has 208 valence electrons. The number of aryl methyl sites for hydroxylation is 1. The number of benzene rings is 3. The van der Waals surface area contributed by atoms with Gasteiger partial charge in [0.25, 0.3) is 0 Å². The summed E-state index contributed by atoms with van der Waals surface area (Å²) in [7, 11) is 3.75. The van der Waals surface area contributed by atoms with Crippen LogP contribution in [0.1, 0.15) is 54.5 Å². The molecule has 5 N–H and O–H groups in total. The molecule has 0 fully saturated rings. The molecule has 0 aliphatic carbocycles. The van der Waals surface area contributed by atoms with Crippen molar-refractivity contribution in [2.75, 3.05) is 20.6 Å². The molecule has 4 heteroatoms. The molecule has 0 spiro atoms. The Labute approximate surface area is 236 Å². The Balaban J connectivity index is 0.000000253. The third-order valence-electron chi connectivity index (χ3n) is 6.59. The summed E-state index contributed by atoms with van der Waals surface area (Å²) in [6.07, 6.45) is 11.6. The van der Waals surface area contributed by atoms with E-state index in [1.807, 2.05) is 27.1 Å². The lowest BCUT2D eigenvalue weighted by Crippen LogP contribution is -2.08. The number of aromatic amines is 1. The van der Waals surface area contributed by atoms with Crippen molar-refractivity contribution in [3.8, 4) is 0 Å². The molecule has 2 atom stereocenters. The number of H-pyrrole nitrogens is 1. The van der Waals surface area contributed by atoms with Crippen molar-refractivity contribution in [3.05, 3.63) is 133 Å². The third kappa shape index (κ3) is 11.8. The summed E-state index contributed by atoms with van der Waals surface area (Å²) in [4.78, 5) is 3.34. The molecule has 0 radical (unpaired) electrons. The summed E-state index contributed by atoms with van der Waals surface area (Å²) in [5, 5.41) is 7.25. The van der Waals surface area contributed by atoms with Crippen molar-refractivity contribution in [2.45, 2.75) is 45.1 Å². The summed E-state index contributed by atoms with van der Waals surface area (Å²) < 4.78 is 0. The highest BCUT2D eigenvalue weighted by molar-refractivity contribution is 5.83. The topological polar surface area (TPSA) is 65.9 Å². The Morgan fingerprint density at radius 2 is 1.51 bits per heavy atom. The van der Waals surface area contributed by atoms with Gasteiger partial charge in [-0.3, -0.25) is 0 Å². The van der Waals surface area contributed by atoms with Gasteiger partial charge in [-0.15, -0.1) is 6.58 Å². The average molecular weight is 525 g/mol. The summed E-state index contributed by atoms with van der Waals surface area (Å²) in [6.45, 7) is 10.6. The first kappa shape index (κ1) is 31.6. The summed E-state index contributed by atoms with van der Waals surface area (Å²) in [5.41, 5.74) is 12.3. The highest BCUT2D eigenvalue weighted by Crippen LogP contribution is 2.22. The maximum Gasteiger partial charge on any atom is 0.0456 e. The summed E-state index contributed by atoms with van der Waals surface area (Å²) >= 11 is 0. The van der Waals surface area contributed by atoms with Gasteiger partial charge < -0.3 is 21.4 Å². The van der Waals surface area contributed by atoms with Gasteiger partial charge in [0, 0.05) is 29.7 Å². The zero-order valence-electron chi connectivity index (χ0n) is 24.1. The highest BCUT2D eigenvalue weighted by atomic mass is 14.8. The second-order valence-electron chi connectivity index (χ2n) is 9.89. The molecule has 1 heterocycles. The van der Waals surface area contributed by atoms with Crippen LogP contribution in [0.15, 0.2) is 110 Å². The Hall–Kier alpha value is -3.60. The van der Waals surface area contributed by atoms with Gasteiger partial charge in [-0.05, 0) is 93.6 Å². The first-order valence-electron chi connectivity index (χ1n) is 14.0. The lowest BCUT2D eigenvalue weighted by molar-refractivity contribution is 0.519. The quantitative estimate of drug-likeness (QED) is 0.114. The van der Waals surface area contributed by atoms with Crippen molar-refractivity contribution in [3.63, 3.8) is 0 Å². The van der Waals surface area contributed by atoms with Gasteiger partial charge in [-0.25, -0.2) is 0 Å². The molecular weight excluding hydrogens is 476 g/mol. The van der Waals surface area contributed by atoms with Gasteiger partial charge in [-0.1, -0.05) is 85.5 Å². The number of rotatable bonds is 12. The third-order valence-corrected chi connectivity index (χ3v) is 6.59. The van der Waals surface area contributed by atoms with Crippen LogP contribution >= 0.6 is 0 Å². The van der Waals surface area contributed by atoms with Crippen LogP contribution in [-0.2, 0) is 12.8 Å². The number of para-hydroxylation sites is 1. The molecule has 1 aromatic heterocycles. The van der Waals surface area contributed by atoms with Gasteiger partial charge in [0.05, 0.1) is 0 Å².